The maximum atomic E-state index is 14.1. The number of halogens is 5. The quantitative estimate of drug-likeness (QED) is 0.622. The fourth-order valence-corrected chi connectivity index (χ4v) is 3.47. The zero-order valence-electron chi connectivity index (χ0n) is 15.2. The number of aryl methyl sites for hydroxylation is 1. The van der Waals surface area contributed by atoms with Gasteiger partial charge in [-0.25, -0.2) is 4.79 Å². The Bertz CT molecular complexity index is 975. The van der Waals surface area contributed by atoms with Crippen molar-refractivity contribution in [1.82, 2.24) is 0 Å². The number of benzene rings is 2. The minimum Gasteiger partial charge on any atom is -0.453 e. The van der Waals surface area contributed by atoms with Crippen LogP contribution in [0.4, 0.5) is 23.7 Å². The number of rotatable bonds is 3. The Morgan fingerprint density at radius 2 is 1.86 bits per heavy atom. The first-order chi connectivity index (χ1) is 13.6. The summed E-state index contributed by atoms with van der Waals surface area (Å²) in [4.78, 5) is 16.5. The molecule has 1 atom stereocenters. The van der Waals surface area contributed by atoms with Crippen LogP contribution < -0.4 is 5.32 Å². The fourth-order valence-electron chi connectivity index (χ4n) is 2.94. The van der Waals surface area contributed by atoms with Gasteiger partial charge in [-0.05, 0) is 36.8 Å². The van der Waals surface area contributed by atoms with E-state index < -0.39 is 24.3 Å². The van der Waals surface area contributed by atoms with Gasteiger partial charge in [-0.15, -0.1) is 0 Å². The van der Waals surface area contributed by atoms with Crippen molar-refractivity contribution in [2.24, 2.45) is 5.16 Å². The monoisotopic (exact) mass is 446 g/mol. The van der Waals surface area contributed by atoms with Crippen molar-refractivity contribution in [3.05, 3.63) is 63.1 Å². The van der Waals surface area contributed by atoms with Crippen LogP contribution in [0, 0.1) is 6.92 Å². The van der Waals surface area contributed by atoms with Crippen molar-refractivity contribution in [3.63, 3.8) is 0 Å². The largest absolute Gasteiger partial charge is 0.453 e. The fraction of sp³-hybridized carbons (Fsp3) is 0.263. The molecule has 0 saturated heterocycles. The summed E-state index contributed by atoms with van der Waals surface area (Å²) in [5.74, 6) is 0. The molecule has 0 bridgehead atoms. The molecule has 29 heavy (non-hydrogen) atoms. The molecule has 3 rings (SSSR count). The van der Waals surface area contributed by atoms with Crippen LogP contribution in [0.5, 0.6) is 0 Å². The molecule has 1 aliphatic rings. The van der Waals surface area contributed by atoms with E-state index in [0.717, 1.165) is 12.1 Å². The number of methoxy groups -OCH3 is 1. The maximum absolute atomic E-state index is 14.1. The molecule has 0 fully saturated rings. The Balaban J connectivity index is 1.99. The highest BCUT2D eigenvalue weighted by Crippen LogP contribution is 2.49. The molecule has 1 aliphatic heterocycles. The van der Waals surface area contributed by atoms with Crippen LogP contribution in [0.25, 0.3) is 0 Å². The number of nitrogens with one attached hydrogen (secondary N) is 1. The van der Waals surface area contributed by atoms with E-state index in [1.807, 2.05) is 0 Å². The van der Waals surface area contributed by atoms with Crippen LogP contribution in [-0.2, 0) is 15.2 Å². The average Bonchev–Trinajstić information content (AvgIpc) is 3.09. The highest BCUT2D eigenvalue weighted by atomic mass is 35.5. The lowest BCUT2D eigenvalue weighted by atomic mass is 9.86. The highest BCUT2D eigenvalue weighted by Gasteiger charge is 2.62. The van der Waals surface area contributed by atoms with Crippen LogP contribution >= 0.6 is 23.2 Å². The van der Waals surface area contributed by atoms with E-state index in [4.69, 9.17) is 28.0 Å². The van der Waals surface area contributed by atoms with Crippen molar-refractivity contribution in [2.45, 2.75) is 25.1 Å². The Hall–Kier alpha value is -2.45. The predicted molar refractivity (Wildman–Crippen MR) is 104 cm³/mol. The number of amides is 1. The molecule has 0 aliphatic carbocycles. The molecule has 0 spiro atoms. The summed E-state index contributed by atoms with van der Waals surface area (Å²) in [6.07, 6.45) is -6.08. The first kappa shape index (κ1) is 21.3. The molecular weight excluding hydrogens is 432 g/mol. The summed E-state index contributed by atoms with van der Waals surface area (Å²) >= 11 is 11.8. The van der Waals surface area contributed by atoms with E-state index in [-0.39, 0.29) is 21.3 Å². The van der Waals surface area contributed by atoms with Crippen molar-refractivity contribution >= 4 is 40.7 Å². The van der Waals surface area contributed by atoms with Crippen molar-refractivity contribution in [2.75, 3.05) is 12.4 Å². The van der Waals surface area contributed by atoms with Crippen LogP contribution in [0.15, 0.2) is 41.6 Å². The third-order valence-corrected chi connectivity index (χ3v) is 4.94. The summed E-state index contributed by atoms with van der Waals surface area (Å²) in [6.45, 7) is 1.73. The van der Waals surface area contributed by atoms with Gasteiger partial charge in [0.15, 0.2) is 0 Å². The first-order valence-corrected chi connectivity index (χ1v) is 9.05. The minimum absolute atomic E-state index is 0.0491. The Morgan fingerprint density at radius 3 is 2.45 bits per heavy atom. The van der Waals surface area contributed by atoms with Gasteiger partial charge in [0.25, 0.3) is 5.60 Å². The summed E-state index contributed by atoms with van der Waals surface area (Å²) < 4.78 is 46.7. The maximum Gasteiger partial charge on any atom is 0.435 e. The Morgan fingerprint density at radius 1 is 1.21 bits per heavy atom. The van der Waals surface area contributed by atoms with Gasteiger partial charge in [-0.1, -0.05) is 40.5 Å². The van der Waals surface area contributed by atoms with E-state index in [1.165, 1.54) is 19.2 Å². The van der Waals surface area contributed by atoms with Crippen LogP contribution in [0.3, 0.4) is 0 Å². The highest BCUT2D eigenvalue weighted by molar-refractivity contribution is 6.34. The van der Waals surface area contributed by atoms with Gasteiger partial charge in [0, 0.05) is 33.3 Å². The third kappa shape index (κ3) is 4.13. The number of alkyl halides is 3. The van der Waals surface area contributed by atoms with Gasteiger partial charge < -0.3 is 9.57 Å². The molecule has 2 aromatic rings. The molecule has 0 saturated carbocycles. The molecule has 1 amide bonds. The van der Waals surface area contributed by atoms with Crippen LogP contribution in [0.2, 0.25) is 10.0 Å². The standard InChI is InChI=1S/C19H15Cl2F3N2O3/c1-10-3-4-11(5-15(10)25-17(27)28-2)16-9-18(29-26-16,19(22,23)24)12-6-13(20)8-14(21)7-12/h3-8H,9H2,1-2H3,(H,25,27). The predicted octanol–water partition coefficient (Wildman–Crippen LogP) is 6.06. The molecule has 154 valence electrons. The second-order valence-corrected chi connectivity index (χ2v) is 7.31. The molecule has 1 N–H and O–H groups in total. The van der Waals surface area contributed by atoms with E-state index in [9.17, 15) is 18.0 Å². The number of oxime groups is 1. The summed E-state index contributed by atoms with van der Waals surface area (Å²) in [7, 11) is 1.21. The van der Waals surface area contributed by atoms with E-state index in [1.54, 1.807) is 19.1 Å². The number of anilines is 1. The molecule has 1 unspecified atom stereocenters. The second-order valence-electron chi connectivity index (χ2n) is 6.44. The van der Waals surface area contributed by atoms with E-state index in [0.29, 0.717) is 16.8 Å². The number of carbonyl (C=O) groups is 1. The van der Waals surface area contributed by atoms with Crippen molar-refractivity contribution < 1.29 is 27.5 Å². The number of hydrogen-bond donors (Lipinski definition) is 1. The summed E-state index contributed by atoms with van der Waals surface area (Å²) in [6, 6.07) is 8.38. The lowest BCUT2D eigenvalue weighted by Crippen LogP contribution is -2.42. The van der Waals surface area contributed by atoms with Gasteiger partial charge in [0.2, 0.25) is 0 Å². The van der Waals surface area contributed by atoms with Crippen molar-refractivity contribution in [3.8, 4) is 0 Å². The van der Waals surface area contributed by atoms with Gasteiger partial charge in [0.1, 0.15) is 0 Å². The summed E-state index contributed by atoms with van der Waals surface area (Å²) in [5.41, 5.74) is -1.47. The third-order valence-electron chi connectivity index (χ3n) is 4.51. The Labute approximate surface area is 174 Å². The van der Waals surface area contributed by atoms with Crippen LogP contribution in [0.1, 0.15) is 23.1 Å². The molecule has 5 nitrogen and oxygen atoms in total. The summed E-state index contributed by atoms with van der Waals surface area (Å²) in [5, 5.41) is 6.30. The van der Waals surface area contributed by atoms with E-state index in [2.05, 4.69) is 15.2 Å². The minimum atomic E-state index is -4.79. The van der Waals surface area contributed by atoms with Gasteiger partial charge >= 0.3 is 12.3 Å². The molecule has 1 heterocycles. The van der Waals surface area contributed by atoms with Gasteiger partial charge in [-0.3, -0.25) is 5.32 Å². The molecular formula is C19H15Cl2F3N2O3. The SMILES string of the molecule is COC(=O)Nc1cc(C2=NOC(c3cc(Cl)cc(Cl)c3)(C(F)(F)F)C2)ccc1C. The number of carbonyl (C=O) groups excluding carboxylic acids is 1. The van der Waals surface area contributed by atoms with Gasteiger partial charge in [0.05, 0.1) is 12.8 Å². The van der Waals surface area contributed by atoms with Crippen LogP contribution in [-0.4, -0.2) is 25.1 Å². The zero-order valence-corrected chi connectivity index (χ0v) is 16.7. The first-order valence-electron chi connectivity index (χ1n) is 8.30. The number of nitrogens with zero attached hydrogens (tertiary/aromatic N) is 1. The topological polar surface area (TPSA) is 59.9 Å². The average molecular weight is 447 g/mol. The van der Waals surface area contributed by atoms with Gasteiger partial charge in [-0.2, -0.15) is 13.2 Å². The molecule has 0 radical (unpaired) electrons. The van der Waals surface area contributed by atoms with Crippen molar-refractivity contribution in [1.29, 1.82) is 0 Å². The lowest BCUT2D eigenvalue weighted by Gasteiger charge is -2.29. The molecule has 2 aromatic carbocycles. The molecule has 0 aromatic heterocycles. The normalized spacial score (nSPS) is 18.8. The van der Waals surface area contributed by atoms with E-state index >= 15 is 0 Å². The number of ether oxygens (including phenoxy) is 1. The lowest BCUT2D eigenvalue weighted by molar-refractivity contribution is -0.275. The second kappa shape index (κ2) is 7.76. The molecule has 10 heteroatoms. The number of hydrogen-bond acceptors (Lipinski definition) is 4. The smallest absolute Gasteiger partial charge is 0.435 e. The Kier molecular flexibility index (Phi) is 5.69. The zero-order chi connectivity index (χ0) is 21.4.